The highest BCUT2D eigenvalue weighted by molar-refractivity contribution is 5.97. The number of carbonyl (C=O) groups is 1. The lowest BCUT2D eigenvalue weighted by atomic mass is 10.1. The first-order valence-corrected chi connectivity index (χ1v) is 6.73. The van der Waals surface area contributed by atoms with Gasteiger partial charge in [-0.15, -0.1) is 0 Å². The molecule has 19 heavy (non-hydrogen) atoms. The van der Waals surface area contributed by atoms with Gasteiger partial charge in [0.05, 0.1) is 19.8 Å². The molecular formula is C14H19N3O2. The highest BCUT2D eigenvalue weighted by Crippen LogP contribution is 2.29. The van der Waals surface area contributed by atoms with Crippen LogP contribution in [-0.4, -0.2) is 50.2 Å². The lowest BCUT2D eigenvalue weighted by Crippen LogP contribution is -2.44. The fraction of sp³-hybridized carbons (Fsp3) is 0.500. The summed E-state index contributed by atoms with van der Waals surface area (Å²) in [6.45, 7) is 4.37. The van der Waals surface area contributed by atoms with Crippen molar-refractivity contribution in [1.82, 2.24) is 4.90 Å². The maximum absolute atomic E-state index is 12.4. The van der Waals surface area contributed by atoms with Crippen LogP contribution in [0.15, 0.2) is 18.2 Å². The predicted octanol–water partition coefficient (Wildman–Crippen LogP) is 0.490. The van der Waals surface area contributed by atoms with E-state index < -0.39 is 0 Å². The van der Waals surface area contributed by atoms with Crippen molar-refractivity contribution >= 4 is 17.3 Å². The van der Waals surface area contributed by atoms with Crippen LogP contribution in [0.4, 0.5) is 11.4 Å². The van der Waals surface area contributed by atoms with Crippen molar-refractivity contribution in [2.45, 2.75) is 6.42 Å². The number of hydrogen-bond donors (Lipinski definition) is 1. The number of benzene rings is 1. The number of nitrogen functional groups attached to an aromatic ring is 1. The van der Waals surface area contributed by atoms with Crippen molar-refractivity contribution in [3.05, 3.63) is 23.8 Å². The molecule has 3 rings (SSSR count). The molecule has 0 aromatic heterocycles. The average Bonchev–Trinajstić information content (AvgIpc) is 2.82. The van der Waals surface area contributed by atoms with Crippen molar-refractivity contribution in [3.63, 3.8) is 0 Å². The van der Waals surface area contributed by atoms with Crippen LogP contribution >= 0.6 is 0 Å². The Labute approximate surface area is 112 Å². The molecule has 0 aliphatic carbocycles. The number of amides is 1. The van der Waals surface area contributed by atoms with Gasteiger partial charge in [-0.25, -0.2) is 0 Å². The Balaban J connectivity index is 1.69. The van der Waals surface area contributed by atoms with Crippen LogP contribution in [0.3, 0.4) is 0 Å². The number of morpholine rings is 1. The maximum atomic E-state index is 12.4. The summed E-state index contributed by atoms with van der Waals surface area (Å²) in [5, 5.41) is 0. The van der Waals surface area contributed by atoms with Gasteiger partial charge in [0.1, 0.15) is 0 Å². The first-order chi connectivity index (χ1) is 9.24. The quantitative estimate of drug-likeness (QED) is 0.787. The Morgan fingerprint density at radius 2 is 2.05 bits per heavy atom. The second kappa shape index (κ2) is 5.19. The number of nitrogens with two attached hydrogens (primary N) is 1. The Bertz CT molecular complexity index is 484. The number of nitrogens with zero attached hydrogens (tertiary/aromatic N) is 2. The van der Waals surface area contributed by atoms with E-state index in [-0.39, 0.29) is 5.91 Å². The first-order valence-electron chi connectivity index (χ1n) is 6.73. The highest BCUT2D eigenvalue weighted by Gasteiger charge is 2.26. The van der Waals surface area contributed by atoms with E-state index in [1.54, 1.807) is 0 Å². The van der Waals surface area contributed by atoms with Crippen LogP contribution in [0.5, 0.6) is 0 Å². The summed E-state index contributed by atoms with van der Waals surface area (Å²) in [6, 6.07) is 5.78. The van der Waals surface area contributed by atoms with E-state index >= 15 is 0 Å². The average molecular weight is 261 g/mol. The molecule has 0 spiro atoms. The first kappa shape index (κ1) is 12.4. The second-order valence-corrected chi connectivity index (χ2v) is 5.07. The Morgan fingerprint density at radius 3 is 2.84 bits per heavy atom. The van der Waals surface area contributed by atoms with E-state index in [0.717, 1.165) is 50.6 Å². The number of carbonyl (C=O) groups excluding carboxylic acids is 1. The summed E-state index contributed by atoms with van der Waals surface area (Å²) >= 11 is 0. The third-order valence-corrected chi connectivity index (χ3v) is 3.76. The Hall–Kier alpha value is -1.59. The molecule has 2 N–H and O–H groups in total. The van der Waals surface area contributed by atoms with E-state index in [9.17, 15) is 4.79 Å². The minimum absolute atomic E-state index is 0.172. The topological polar surface area (TPSA) is 58.8 Å². The van der Waals surface area contributed by atoms with Gasteiger partial charge >= 0.3 is 0 Å². The summed E-state index contributed by atoms with van der Waals surface area (Å²) in [7, 11) is 0. The maximum Gasteiger partial charge on any atom is 0.241 e. The zero-order chi connectivity index (χ0) is 13.2. The van der Waals surface area contributed by atoms with Gasteiger partial charge in [-0.3, -0.25) is 9.69 Å². The van der Waals surface area contributed by atoms with Crippen molar-refractivity contribution in [2.24, 2.45) is 0 Å². The molecule has 5 heteroatoms. The lowest BCUT2D eigenvalue weighted by molar-refractivity contribution is -0.120. The standard InChI is InChI=1S/C14H19N3O2/c15-12-1-2-13-11(9-12)3-4-17(13)14(18)10-16-5-7-19-8-6-16/h1-2,9H,3-8,10,15H2. The SMILES string of the molecule is Nc1ccc2c(c1)CCN2C(=O)CN1CCOCC1. The third-order valence-electron chi connectivity index (χ3n) is 3.76. The number of rotatable bonds is 2. The molecule has 0 atom stereocenters. The van der Waals surface area contributed by atoms with E-state index in [0.29, 0.717) is 6.54 Å². The van der Waals surface area contributed by atoms with Gasteiger partial charge in [0.25, 0.3) is 0 Å². The molecule has 1 saturated heterocycles. The van der Waals surface area contributed by atoms with E-state index in [4.69, 9.17) is 10.5 Å². The number of ether oxygens (including phenoxy) is 1. The van der Waals surface area contributed by atoms with Gasteiger partial charge in [-0.1, -0.05) is 0 Å². The summed E-state index contributed by atoms with van der Waals surface area (Å²) in [5.41, 5.74) is 8.74. The predicted molar refractivity (Wildman–Crippen MR) is 74.2 cm³/mol. The van der Waals surface area contributed by atoms with Crippen LogP contribution in [0, 0.1) is 0 Å². The monoisotopic (exact) mass is 261 g/mol. The van der Waals surface area contributed by atoms with Crippen molar-refractivity contribution in [2.75, 3.05) is 50.0 Å². The molecule has 0 bridgehead atoms. The van der Waals surface area contributed by atoms with Gasteiger partial charge in [-0.05, 0) is 30.2 Å². The molecule has 1 aromatic rings. The molecule has 102 valence electrons. The van der Waals surface area contributed by atoms with Crippen molar-refractivity contribution in [1.29, 1.82) is 0 Å². The van der Waals surface area contributed by atoms with Crippen LogP contribution in [-0.2, 0) is 16.0 Å². The van der Waals surface area contributed by atoms with Crippen LogP contribution in [0.1, 0.15) is 5.56 Å². The van der Waals surface area contributed by atoms with Crippen LogP contribution < -0.4 is 10.6 Å². The number of anilines is 2. The molecule has 0 saturated carbocycles. The second-order valence-electron chi connectivity index (χ2n) is 5.07. The third kappa shape index (κ3) is 2.57. The van der Waals surface area contributed by atoms with Gasteiger partial charge in [0, 0.05) is 31.0 Å². The number of hydrogen-bond acceptors (Lipinski definition) is 4. The highest BCUT2D eigenvalue weighted by atomic mass is 16.5. The molecule has 5 nitrogen and oxygen atoms in total. The van der Waals surface area contributed by atoms with Crippen LogP contribution in [0.25, 0.3) is 0 Å². The molecule has 1 fully saturated rings. The Kier molecular flexibility index (Phi) is 3.40. The van der Waals surface area contributed by atoms with Gasteiger partial charge < -0.3 is 15.4 Å². The van der Waals surface area contributed by atoms with E-state index in [1.165, 1.54) is 5.56 Å². The zero-order valence-electron chi connectivity index (χ0n) is 11.0. The summed E-state index contributed by atoms with van der Waals surface area (Å²) in [5.74, 6) is 0.172. The number of fused-ring (bicyclic) bond motifs is 1. The van der Waals surface area contributed by atoms with E-state index in [1.807, 2.05) is 23.1 Å². The molecule has 2 heterocycles. The Morgan fingerprint density at radius 1 is 1.26 bits per heavy atom. The van der Waals surface area contributed by atoms with Crippen molar-refractivity contribution < 1.29 is 9.53 Å². The van der Waals surface area contributed by atoms with Gasteiger partial charge in [-0.2, -0.15) is 0 Å². The summed E-state index contributed by atoms with van der Waals surface area (Å²) < 4.78 is 5.30. The lowest BCUT2D eigenvalue weighted by Gasteiger charge is -2.28. The van der Waals surface area contributed by atoms with Gasteiger partial charge in [0.2, 0.25) is 5.91 Å². The normalized spacial score (nSPS) is 19.5. The zero-order valence-corrected chi connectivity index (χ0v) is 11.0. The van der Waals surface area contributed by atoms with Crippen molar-refractivity contribution in [3.8, 4) is 0 Å². The largest absolute Gasteiger partial charge is 0.399 e. The minimum Gasteiger partial charge on any atom is -0.399 e. The molecule has 0 unspecified atom stereocenters. The molecule has 2 aliphatic rings. The fourth-order valence-electron chi connectivity index (χ4n) is 2.72. The van der Waals surface area contributed by atoms with Gasteiger partial charge in [0.15, 0.2) is 0 Å². The smallest absolute Gasteiger partial charge is 0.241 e. The molecular weight excluding hydrogens is 242 g/mol. The molecule has 1 amide bonds. The minimum atomic E-state index is 0.172. The molecule has 0 radical (unpaired) electrons. The van der Waals surface area contributed by atoms with E-state index in [2.05, 4.69) is 4.90 Å². The summed E-state index contributed by atoms with van der Waals surface area (Å²) in [6.07, 6.45) is 0.898. The van der Waals surface area contributed by atoms with Crippen LogP contribution in [0.2, 0.25) is 0 Å². The molecule has 2 aliphatic heterocycles. The molecule has 1 aromatic carbocycles. The summed E-state index contributed by atoms with van der Waals surface area (Å²) in [4.78, 5) is 16.4. The fourth-order valence-corrected chi connectivity index (χ4v) is 2.72.